The SMILES string of the molecule is CCOc1cccc(CNC2CCCC2)c1O. The average Bonchev–Trinajstić information content (AvgIpc) is 2.83. The molecule has 0 bridgehead atoms. The van der Waals surface area contributed by atoms with Crippen molar-refractivity contribution in [3.63, 3.8) is 0 Å². The van der Waals surface area contributed by atoms with Crippen LogP contribution in [0.15, 0.2) is 18.2 Å². The molecule has 0 amide bonds. The minimum Gasteiger partial charge on any atom is -0.504 e. The zero-order valence-corrected chi connectivity index (χ0v) is 10.4. The first-order chi connectivity index (χ1) is 8.31. The van der Waals surface area contributed by atoms with E-state index in [1.54, 1.807) is 6.07 Å². The number of aromatic hydroxyl groups is 1. The summed E-state index contributed by atoms with van der Waals surface area (Å²) in [7, 11) is 0. The molecular weight excluding hydrogens is 214 g/mol. The van der Waals surface area contributed by atoms with Crippen molar-refractivity contribution in [1.29, 1.82) is 0 Å². The second kappa shape index (κ2) is 5.92. The zero-order chi connectivity index (χ0) is 12.1. The lowest BCUT2D eigenvalue weighted by molar-refractivity contribution is 0.316. The normalized spacial score (nSPS) is 16.3. The van der Waals surface area contributed by atoms with Gasteiger partial charge in [-0.15, -0.1) is 0 Å². The Balaban J connectivity index is 1.97. The zero-order valence-electron chi connectivity index (χ0n) is 10.4. The lowest BCUT2D eigenvalue weighted by Crippen LogP contribution is -2.25. The van der Waals surface area contributed by atoms with E-state index in [0.717, 1.165) is 12.1 Å². The molecule has 3 nitrogen and oxygen atoms in total. The monoisotopic (exact) mass is 235 g/mol. The lowest BCUT2D eigenvalue weighted by Gasteiger charge is -2.14. The van der Waals surface area contributed by atoms with Crippen molar-refractivity contribution < 1.29 is 9.84 Å². The fourth-order valence-corrected chi connectivity index (χ4v) is 2.37. The fourth-order valence-electron chi connectivity index (χ4n) is 2.37. The van der Waals surface area contributed by atoms with Crippen LogP contribution in [0.25, 0.3) is 0 Å². The average molecular weight is 235 g/mol. The standard InChI is InChI=1S/C14H21NO2/c1-2-17-13-9-5-6-11(14(13)16)10-15-12-7-3-4-8-12/h5-6,9,12,15-16H,2-4,7-8,10H2,1H3. The molecule has 0 aliphatic heterocycles. The van der Waals surface area contributed by atoms with Gasteiger partial charge in [0, 0.05) is 18.2 Å². The van der Waals surface area contributed by atoms with Gasteiger partial charge in [0.1, 0.15) is 0 Å². The molecule has 1 aliphatic rings. The van der Waals surface area contributed by atoms with Gasteiger partial charge in [0.2, 0.25) is 0 Å². The van der Waals surface area contributed by atoms with Crippen molar-refractivity contribution in [2.45, 2.75) is 45.2 Å². The third-order valence-electron chi connectivity index (χ3n) is 3.32. The number of ether oxygens (including phenoxy) is 1. The van der Waals surface area contributed by atoms with Gasteiger partial charge in [-0.05, 0) is 25.8 Å². The Bertz CT molecular complexity index is 359. The van der Waals surface area contributed by atoms with E-state index >= 15 is 0 Å². The van der Waals surface area contributed by atoms with E-state index in [0.29, 0.717) is 18.4 Å². The quantitative estimate of drug-likeness (QED) is 0.824. The van der Waals surface area contributed by atoms with Crippen LogP contribution < -0.4 is 10.1 Å². The first-order valence-corrected chi connectivity index (χ1v) is 6.48. The molecule has 1 saturated carbocycles. The minimum absolute atomic E-state index is 0.278. The highest BCUT2D eigenvalue weighted by molar-refractivity contribution is 5.45. The van der Waals surface area contributed by atoms with Crippen LogP contribution in [0.3, 0.4) is 0 Å². The minimum atomic E-state index is 0.278. The molecule has 17 heavy (non-hydrogen) atoms. The molecule has 2 N–H and O–H groups in total. The Morgan fingerprint density at radius 1 is 1.35 bits per heavy atom. The molecule has 1 aliphatic carbocycles. The van der Waals surface area contributed by atoms with Gasteiger partial charge in [-0.1, -0.05) is 25.0 Å². The topological polar surface area (TPSA) is 41.5 Å². The molecule has 0 aromatic heterocycles. The number of phenolic OH excluding ortho intramolecular Hbond substituents is 1. The lowest BCUT2D eigenvalue weighted by atomic mass is 10.1. The van der Waals surface area contributed by atoms with Gasteiger partial charge >= 0.3 is 0 Å². The van der Waals surface area contributed by atoms with E-state index < -0.39 is 0 Å². The van der Waals surface area contributed by atoms with Crippen molar-refractivity contribution in [2.24, 2.45) is 0 Å². The Morgan fingerprint density at radius 2 is 2.12 bits per heavy atom. The first-order valence-electron chi connectivity index (χ1n) is 6.48. The summed E-state index contributed by atoms with van der Waals surface area (Å²) in [6, 6.07) is 6.29. The molecule has 3 heteroatoms. The van der Waals surface area contributed by atoms with E-state index in [-0.39, 0.29) is 5.75 Å². The van der Waals surface area contributed by atoms with Crippen molar-refractivity contribution >= 4 is 0 Å². The van der Waals surface area contributed by atoms with Crippen LogP contribution in [-0.2, 0) is 6.54 Å². The molecule has 2 rings (SSSR count). The number of rotatable bonds is 5. The molecule has 0 unspecified atom stereocenters. The van der Waals surface area contributed by atoms with Crippen molar-refractivity contribution in [2.75, 3.05) is 6.61 Å². The summed E-state index contributed by atoms with van der Waals surface area (Å²) >= 11 is 0. The fraction of sp³-hybridized carbons (Fsp3) is 0.571. The summed E-state index contributed by atoms with van der Waals surface area (Å²) in [6.45, 7) is 3.22. The molecule has 0 radical (unpaired) electrons. The Hall–Kier alpha value is -1.22. The summed E-state index contributed by atoms with van der Waals surface area (Å²) in [4.78, 5) is 0. The van der Waals surface area contributed by atoms with Gasteiger partial charge in [-0.25, -0.2) is 0 Å². The molecule has 0 atom stereocenters. The number of nitrogens with one attached hydrogen (secondary N) is 1. The van der Waals surface area contributed by atoms with E-state index in [1.807, 2.05) is 19.1 Å². The molecule has 1 fully saturated rings. The van der Waals surface area contributed by atoms with E-state index in [1.165, 1.54) is 25.7 Å². The van der Waals surface area contributed by atoms with Gasteiger partial charge in [0.05, 0.1) is 6.61 Å². The van der Waals surface area contributed by atoms with Gasteiger partial charge < -0.3 is 15.2 Å². The largest absolute Gasteiger partial charge is 0.504 e. The van der Waals surface area contributed by atoms with Crippen LogP contribution >= 0.6 is 0 Å². The molecular formula is C14H21NO2. The van der Waals surface area contributed by atoms with Gasteiger partial charge in [-0.2, -0.15) is 0 Å². The highest BCUT2D eigenvalue weighted by Gasteiger charge is 2.15. The summed E-state index contributed by atoms with van der Waals surface area (Å²) in [5.74, 6) is 0.859. The maximum atomic E-state index is 10.0. The summed E-state index contributed by atoms with van der Waals surface area (Å²) in [5, 5.41) is 13.5. The highest BCUT2D eigenvalue weighted by atomic mass is 16.5. The van der Waals surface area contributed by atoms with E-state index in [4.69, 9.17) is 4.74 Å². The maximum absolute atomic E-state index is 10.0. The predicted octanol–water partition coefficient (Wildman–Crippen LogP) is 2.82. The third kappa shape index (κ3) is 3.13. The smallest absolute Gasteiger partial charge is 0.162 e. The summed E-state index contributed by atoms with van der Waals surface area (Å²) in [6.07, 6.45) is 5.16. The van der Waals surface area contributed by atoms with Crippen LogP contribution in [0.1, 0.15) is 38.2 Å². The molecule has 1 aromatic rings. The molecule has 0 heterocycles. The number of benzene rings is 1. The van der Waals surface area contributed by atoms with Crippen LogP contribution in [0.5, 0.6) is 11.5 Å². The predicted molar refractivity (Wildman–Crippen MR) is 68.4 cm³/mol. The highest BCUT2D eigenvalue weighted by Crippen LogP contribution is 2.30. The van der Waals surface area contributed by atoms with Crippen LogP contribution in [0.2, 0.25) is 0 Å². The third-order valence-corrected chi connectivity index (χ3v) is 3.32. The second-order valence-corrected chi connectivity index (χ2v) is 4.56. The summed E-state index contributed by atoms with van der Waals surface area (Å²) in [5.41, 5.74) is 0.919. The molecule has 0 saturated heterocycles. The molecule has 0 spiro atoms. The van der Waals surface area contributed by atoms with Crippen molar-refractivity contribution in [1.82, 2.24) is 5.32 Å². The summed E-state index contributed by atoms with van der Waals surface area (Å²) < 4.78 is 5.37. The number of hydrogen-bond donors (Lipinski definition) is 2. The molecule has 1 aromatic carbocycles. The Labute approximate surface area is 103 Å². The van der Waals surface area contributed by atoms with Crippen LogP contribution in [0, 0.1) is 0 Å². The number of para-hydroxylation sites is 1. The van der Waals surface area contributed by atoms with E-state index in [9.17, 15) is 5.11 Å². The van der Waals surface area contributed by atoms with Gasteiger partial charge in [-0.3, -0.25) is 0 Å². The van der Waals surface area contributed by atoms with Crippen molar-refractivity contribution in [3.05, 3.63) is 23.8 Å². The van der Waals surface area contributed by atoms with Gasteiger partial charge in [0.25, 0.3) is 0 Å². The maximum Gasteiger partial charge on any atom is 0.162 e. The Kier molecular flexibility index (Phi) is 4.26. The van der Waals surface area contributed by atoms with E-state index in [2.05, 4.69) is 5.32 Å². The second-order valence-electron chi connectivity index (χ2n) is 4.56. The van der Waals surface area contributed by atoms with Crippen molar-refractivity contribution in [3.8, 4) is 11.5 Å². The first kappa shape index (κ1) is 12.2. The van der Waals surface area contributed by atoms with Crippen LogP contribution in [0.4, 0.5) is 0 Å². The van der Waals surface area contributed by atoms with Crippen LogP contribution in [-0.4, -0.2) is 17.8 Å². The Morgan fingerprint density at radius 3 is 2.82 bits per heavy atom. The number of phenols is 1. The molecule has 94 valence electrons. The number of hydrogen-bond acceptors (Lipinski definition) is 3. The van der Waals surface area contributed by atoms with Gasteiger partial charge in [0.15, 0.2) is 11.5 Å².